The summed E-state index contributed by atoms with van der Waals surface area (Å²) < 4.78 is 0. The van der Waals surface area contributed by atoms with E-state index in [-0.39, 0.29) is 19.3 Å². The Morgan fingerprint density at radius 3 is 1.45 bits per heavy atom. The summed E-state index contributed by atoms with van der Waals surface area (Å²) in [6.07, 6.45) is -1.62. The molecule has 0 aliphatic carbocycles. The molecule has 0 radical (unpaired) electrons. The zero-order valence-corrected chi connectivity index (χ0v) is 21.5. The van der Waals surface area contributed by atoms with E-state index in [9.17, 15) is 33.9 Å². The van der Waals surface area contributed by atoms with Crippen LogP contribution in [-0.4, -0.2) is 75.1 Å². The molecular formula is C27H32N4O9. The number of carbonyl (C=O) groups is 6. The number of carboxylic acid groups (broad SMARTS) is 3. The third-order valence-electron chi connectivity index (χ3n) is 5.82. The molecule has 0 spiro atoms. The van der Waals surface area contributed by atoms with Gasteiger partial charge in [0.2, 0.25) is 17.7 Å². The first-order valence-electron chi connectivity index (χ1n) is 12.4. The van der Waals surface area contributed by atoms with Gasteiger partial charge in [-0.25, -0.2) is 4.79 Å². The lowest BCUT2D eigenvalue weighted by Gasteiger charge is -2.25. The summed E-state index contributed by atoms with van der Waals surface area (Å²) in [6, 6.07) is 11.6. The van der Waals surface area contributed by atoms with Crippen molar-refractivity contribution in [2.24, 2.45) is 5.73 Å². The number of nitrogens with one attached hydrogen (secondary N) is 3. The van der Waals surface area contributed by atoms with Gasteiger partial charge in [0.05, 0.1) is 12.5 Å². The number of aliphatic carboxylic acids is 3. The average molecular weight is 557 g/mol. The van der Waals surface area contributed by atoms with Crippen molar-refractivity contribution in [1.29, 1.82) is 0 Å². The standard InChI is InChI=1S/C27H32N4O9/c28-18(15-23(34)35)24(36)30-20(13-16-7-3-1-4-8-16)26(38)31-21(14-17-9-5-2-6-10-17)25(37)29-19(27(39)40)11-12-22(32)33/h1-10,18-21H,11-15,28H2,(H,29,37)(H,30,36)(H,31,38)(H,32,33)(H,34,35)(H,39,40). The van der Waals surface area contributed by atoms with Gasteiger partial charge in [0, 0.05) is 19.3 Å². The molecule has 8 N–H and O–H groups in total. The van der Waals surface area contributed by atoms with Crippen LogP contribution in [0.2, 0.25) is 0 Å². The Morgan fingerprint density at radius 2 is 1.05 bits per heavy atom. The number of benzene rings is 2. The minimum atomic E-state index is -1.52. The van der Waals surface area contributed by atoms with E-state index in [1.165, 1.54) is 0 Å². The third-order valence-corrected chi connectivity index (χ3v) is 5.82. The summed E-state index contributed by atoms with van der Waals surface area (Å²) in [5, 5.41) is 34.6. The van der Waals surface area contributed by atoms with Crippen LogP contribution in [0.15, 0.2) is 60.7 Å². The van der Waals surface area contributed by atoms with Gasteiger partial charge in [0.25, 0.3) is 0 Å². The van der Waals surface area contributed by atoms with Crippen LogP contribution in [0, 0.1) is 0 Å². The van der Waals surface area contributed by atoms with Gasteiger partial charge in [0.15, 0.2) is 0 Å². The number of nitrogens with two attached hydrogens (primary N) is 1. The molecule has 0 fully saturated rings. The van der Waals surface area contributed by atoms with Crippen molar-refractivity contribution < 1.29 is 44.1 Å². The molecule has 0 heterocycles. The Balaban J connectivity index is 2.30. The van der Waals surface area contributed by atoms with E-state index in [4.69, 9.17) is 15.9 Å². The number of carboxylic acids is 3. The second-order valence-corrected chi connectivity index (χ2v) is 9.04. The van der Waals surface area contributed by atoms with Crippen LogP contribution in [0.4, 0.5) is 0 Å². The number of carbonyl (C=O) groups excluding carboxylic acids is 3. The molecule has 4 unspecified atom stereocenters. The first-order chi connectivity index (χ1) is 19.0. The summed E-state index contributed by atoms with van der Waals surface area (Å²) in [5.41, 5.74) is 6.94. The fraction of sp³-hybridized carbons (Fsp3) is 0.333. The SMILES string of the molecule is NC(CC(=O)O)C(=O)NC(Cc1ccccc1)C(=O)NC(Cc1ccccc1)C(=O)NC(CCC(=O)O)C(=O)O. The maximum absolute atomic E-state index is 13.4. The van der Waals surface area contributed by atoms with E-state index in [2.05, 4.69) is 16.0 Å². The van der Waals surface area contributed by atoms with Crippen LogP contribution in [0.5, 0.6) is 0 Å². The fourth-order valence-electron chi connectivity index (χ4n) is 3.75. The van der Waals surface area contributed by atoms with Gasteiger partial charge in [-0.05, 0) is 17.5 Å². The monoisotopic (exact) mass is 556 g/mol. The van der Waals surface area contributed by atoms with Crippen LogP contribution in [-0.2, 0) is 41.6 Å². The maximum atomic E-state index is 13.4. The highest BCUT2D eigenvalue weighted by atomic mass is 16.4. The van der Waals surface area contributed by atoms with Gasteiger partial charge in [-0.1, -0.05) is 60.7 Å². The quantitative estimate of drug-likeness (QED) is 0.143. The molecule has 2 aromatic carbocycles. The fourth-order valence-corrected chi connectivity index (χ4v) is 3.75. The average Bonchev–Trinajstić information content (AvgIpc) is 2.90. The van der Waals surface area contributed by atoms with Crippen molar-refractivity contribution >= 4 is 35.6 Å². The van der Waals surface area contributed by atoms with Crippen LogP contribution in [0.1, 0.15) is 30.4 Å². The van der Waals surface area contributed by atoms with Gasteiger partial charge in [-0.2, -0.15) is 0 Å². The van der Waals surface area contributed by atoms with E-state index in [1.54, 1.807) is 60.7 Å². The summed E-state index contributed by atoms with van der Waals surface area (Å²) >= 11 is 0. The molecular weight excluding hydrogens is 524 g/mol. The number of rotatable bonds is 16. The second-order valence-electron chi connectivity index (χ2n) is 9.04. The van der Waals surface area contributed by atoms with Crippen molar-refractivity contribution in [3.05, 3.63) is 71.8 Å². The van der Waals surface area contributed by atoms with Gasteiger partial charge >= 0.3 is 17.9 Å². The maximum Gasteiger partial charge on any atom is 0.326 e. The van der Waals surface area contributed by atoms with Gasteiger partial charge < -0.3 is 37.0 Å². The summed E-state index contributed by atoms with van der Waals surface area (Å²) in [6.45, 7) is 0. The Hall–Kier alpha value is -4.78. The lowest BCUT2D eigenvalue weighted by atomic mass is 10.0. The number of amides is 3. The molecule has 4 atom stereocenters. The molecule has 0 bridgehead atoms. The van der Waals surface area contributed by atoms with Gasteiger partial charge in [0.1, 0.15) is 18.1 Å². The molecule has 0 aromatic heterocycles. The number of hydrogen-bond donors (Lipinski definition) is 7. The normalized spacial score (nSPS) is 13.6. The molecule has 0 saturated carbocycles. The lowest BCUT2D eigenvalue weighted by molar-refractivity contribution is -0.143. The Labute approximate surface area is 229 Å². The van der Waals surface area contributed by atoms with E-state index < -0.39 is 72.6 Å². The van der Waals surface area contributed by atoms with E-state index in [0.717, 1.165) is 0 Å². The molecule has 40 heavy (non-hydrogen) atoms. The third kappa shape index (κ3) is 10.9. The first kappa shape index (κ1) is 31.4. The highest BCUT2D eigenvalue weighted by molar-refractivity contribution is 5.95. The smallest absolute Gasteiger partial charge is 0.326 e. The van der Waals surface area contributed by atoms with Crippen LogP contribution >= 0.6 is 0 Å². The minimum absolute atomic E-state index is 0.0196. The van der Waals surface area contributed by atoms with Crippen molar-refractivity contribution in [3.63, 3.8) is 0 Å². The topological polar surface area (TPSA) is 225 Å². The summed E-state index contributed by atoms with van der Waals surface area (Å²) in [4.78, 5) is 72.7. The number of hydrogen-bond acceptors (Lipinski definition) is 7. The van der Waals surface area contributed by atoms with E-state index in [1.807, 2.05) is 0 Å². The predicted molar refractivity (Wildman–Crippen MR) is 141 cm³/mol. The zero-order valence-electron chi connectivity index (χ0n) is 21.5. The molecule has 0 aliphatic rings. The van der Waals surface area contributed by atoms with Crippen LogP contribution in [0.25, 0.3) is 0 Å². The van der Waals surface area contributed by atoms with Crippen molar-refractivity contribution in [2.45, 2.75) is 56.3 Å². The highest BCUT2D eigenvalue weighted by Gasteiger charge is 2.31. The second kappa shape index (κ2) is 15.6. The van der Waals surface area contributed by atoms with Crippen LogP contribution < -0.4 is 21.7 Å². The first-order valence-corrected chi connectivity index (χ1v) is 12.4. The van der Waals surface area contributed by atoms with Gasteiger partial charge in [-0.15, -0.1) is 0 Å². The summed E-state index contributed by atoms with van der Waals surface area (Å²) in [7, 11) is 0. The summed E-state index contributed by atoms with van der Waals surface area (Å²) in [5.74, 6) is -6.55. The lowest BCUT2D eigenvalue weighted by Crippen LogP contribution is -2.58. The predicted octanol–water partition coefficient (Wildman–Crippen LogP) is -0.322. The van der Waals surface area contributed by atoms with Crippen molar-refractivity contribution in [3.8, 4) is 0 Å². The molecule has 3 amide bonds. The zero-order chi connectivity index (χ0) is 29.7. The van der Waals surface area contributed by atoms with Crippen molar-refractivity contribution in [1.82, 2.24) is 16.0 Å². The highest BCUT2D eigenvalue weighted by Crippen LogP contribution is 2.09. The molecule has 2 rings (SSSR count). The largest absolute Gasteiger partial charge is 0.481 e. The molecule has 0 aliphatic heterocycles. The Morgan fingerprint density at radius 1 is 0.625 bits per heavy atom. The molecule has 13 heteroatoms. The molecule has 13 nitrogen and oxygen atoms in total. The molecule has 2 aromatic rings. The van der Waals surface area contributed by atoms with E-state index >= 15 is 0 Å². The minimum Gasteiger partial charge on any atom is -0.481 e. The van der Waals surface area contributed by atoms with Gasteiger partial charge in [-0.3, -0.25) is 24.0 Å². The van der Waals surface area contributed by atoms with E-state index in [0.29, 0.717) is 11.1 Å². The molecule has 214 valence electrons. The van der Waals surface area contributed by atoms with Crippen molar-refractivity contribution in [2.75, 3.05) is 0 Å². The van der Waals surface area contributed by atoms with Crippen LogP contribution in [0.3, 0.4) is 0 Å². The Bertz CT molecular complexity index is 1190. The molecule has 0 saturated heterocycles. The Kier molecular flexibility index (Phi) is 12.3.